The van der Waals surface area contributed by atoms with E-state index in [-0.39, 0.29) is 6.42 Å². The van der Waals surface area contributed by atoms with Crippen LogP contribution in [-0.4, -0.2) is 11.1 Å². The van der Waals surface area contributed by atoms with Crippen LogP contribution in [0.4, 0.5) is 0 Å². The van der Waals surface area contributed by atoms with E-state index in [9.17, 15) is 4.79 Å². The van der Waals surface area contributed by atoms with E-state index >= 15 is 0 Å². The fraction of sp³-hybridized carbons (Fsp3) is 0.357. The first-order valence-electron chi connectivity index (χ1n) is 5.85. The predicted molar refractivity (Wildman–Crippen MR) is 69.1 cm³/mol. The largest absolute Gasteiger partial charge is 0.481 e. The number of carboxylic acids is 1. The van der Waals surface area contributed by atoms with E-state index in [1.165, 1.54) is 22.4 Å². The molecule has 2 bridgehead atoms. The molecule has 1 aromatic heterocycles. The average molecular weight is 246 g/mol. The summed E-state index contributed by atoms with van der Waals surface area (Å²) in [5.74, 6) is 0.419. The molecule has 2 atom stereocenters. The molecule has 3 rings (SSSR count). The molecule has 0 saturated heterocycles. The first-order chi connectivity index (χ1) is 8.13. The number of hydrogen-bond acceptors (Lipinski definition) is 2. The Morgan fingerprint density at radius 2 is 2.35 bits per heavy atom. The van der Waals surface area contributed by atoms with Crippen molar-refractivity contribution in [2.75, 3.05) is 0 Å². The molecule has 2 aliphatic carbocycles. The maximum absolute atomic E-state index is 10.7. The number of carbonyl (C=O) groups is 1. The van der Waals surface area contributed by atoms with Crippen LogP contribution in [0.1, 0.15) is 21.7 Å². The van der Waals surface area contributed by atoms with Gasteiger partial charge in [-0.3, -0.25) is 4.79 Å². The third-order valence-corrected chi connectivity index (χ3v) is 4.57. The van der Waals surface area contributed by atoms with Gasteiger partial charge < -0.3 is 5.11 Å². The van der Waals surface area contributed by atoms with Crippen molar-refractivity contribution in [3.8, 4) is 0 Å². The molecule has 0 saturated carbocycles. The standard InChI is InChI=1S/C14H14O2S/c1-8-12(6-11(17-8)7-14(15)16)13-5-9-2-3-10(13)4-9/h2-3,5-6,9-10H,4,7H2,1H3,(H,15,16). The first kappa shape index (κ1) is 10.8. The molecule has 0 aliphatic heterocycles. The highest BCUT2D eigenvalue weighted by atomic mass is 32.1. The van der Waals surface area contributed by atoms with E-state index in [2.05, 4.69) is 31.2 Å². The lowest BCUT2D eigenvalue weighted by Crippen LogP contribution is -1.97. The molecule has 2 aliphatic rings. The topological polar surface area (TPSA) is 37.3 Å². The van der Waals surface area contributed by atoms with E-state index in [4.69, 9.17) is 5.11 Å². The summed E-state index contributed by atoms with van der Waals surface area (Å²) in [4.78, 5) is 12.9. The maximum Gasteiger partial charge on any atom is 0.308 e. The van der Waals surface area contributed by atoms with Crippen molar-refractivity contribution in [2.24, 2.45) is 11.8 Å². The van der Waals surface area contributed by atoms with Crippen molar-refractivity contribution in [1.82, 2.24) is 0 Å². The van der Waals surface area contributed by atoms with Gasteiger partial charge in [0, 0.05) is 15.7 Å². The van der Waals surface area contributed by atoms with Gasteiger partial charge in [0.25, 0.3) is 0 Å². The third kappa shape index (κ3) is 1.84. The molecule has 88 valence electrons. The van der Waals surface area contributed by atoms with Gasteiger partial charge in [0.2, 0.25) is 0 Å². The number of aliphatic carboxylic acids is 1. The summed E-state index contributed by atoms with van der Waals surface area (Å²) in [5.41, 5.74) is 2.67. The molecule has 0 spiro atoms. The second-order valence-electron chi connectivity index (χ2n) is 4.77. The van der Waals surface area contributed by atoms with Crippen LogP contribution in [0, 0.1) is 18.8 Å². The maximum atomic E-state index is 10.7. The zero-order valence-electron chi connectivity index (χ0n) is 9.64. The van der Waals surface area contributed by atoms with Crippen LogP contribution in [0.25, 0.3) is 5.57 Å². The molecule has 2 nitrogen and oxygen atoms in total. The lowest BCUT2D eigenvalue weighted by molar-refractivity contribution is -0.136. The number of aryl methyl sites for hydroxylation is 1. The van der Waals surface area contributed by atoms with Gasteiger partial charge in [-0.25, -0.2) is 0 Å². The summed E-state index contributed by atoms with van der Waals surface area (Å²) in [6, 6.07) is 2.06. The molecule has 0 fully saturated rings. The van der Waals surface area contributed by atoms with E-state index in [1.54, 1.807) is 11.3 Å². The van der Waals surface area contributed by atoms with Crippen molar-refractivity contribution < 1.29 is 9.90 Å². The van der Waals surface area contributed by atoms with Crippen molar-refractivity contribution in [2.45, 2.75) is 19.8 Å². The average Bonchev–Trinajstić information content (AvgIpc) is 2.91. The van der Waals surface area contributed by atoms with Crippen molar-refractivity contribution in [3.05, 3.63) is 39.6 Å². The summed E-state index contributed by atoms with van der Waals surface area (Å²) in [5, 5.41) is 8.82. The van der Waals surface area contributed by atoms with Crippen LogP contribution in [0.5, 0.6) is 0 Å². The number of allylic oxidation sites excluding steroid dienone is 4. The molecule has 0 aromatic carbocycles. The van der Waals surface area contributed by atoms with E-state index in [1.807, 2.05) is 0 Å². The Kier molecular flexibility index (Phi) is 2.44. The van der Waals surface area contributed by atoms with Crippen molar-refractivity contribution in [3.63, 3.8) is 0 Å². The number of fused-ring (bicyclic) bond motifs is 2. The van der Waals surface area contributed by atoms with Gasteiger partial charge >= 0.3 is 5.97 Å². The number of hydrogen-bond donors (Lipinski definition) is 1. The van der Waals surface area contributed by atoms with Gasteiger partial charge in [0.15, 0.2) is 0 Å². The van der Waals surface area contributed by atoms with Crippen LogP contribution in [0.15, 0.2) is 24.3 Å². The van der Waals surface area contributed by atoms with Gasteiger partial charge in [-0.15, -0.1) is 11.3 Å². The fourth-order valence-electron chi connectivity index (χ4n) is 2.79. The summed E-state index contributed by atoms with van der Waals surface area (Å²) in [7, 11) is 0. The Morgan fingerprint density at radius 3 is 2.94 bits per heavy atom. The molecule has 2 unspecified atom stereocenters. The number of thiophene rings is 1. The van der Waals surface area contributed by atoms with Crippen LogP contribution >= 0.6 is 11.3 Å². The number of rotatable bonds is 3. The van der Waals surface area contributed by atoms with Crippen molar-refractivity contribution in [1.29, 1.82) is 0 Å². The summed E-state index contributed by atoms with van der Waals surface area (Å²) >= 11 is 1.61. The second-order valence-corrected chi connectivity index (χ2v) is 6.11. The molecule has 3 heteroatoms. The zero-order chi connectivity index (χ0) is 12.0. The van der Waals surface area contributed by atoms with Crippen LogP contribution in [0.2, 0.25) is 0 Å². The quantitative estimate of drug-likeness (QED) is 0.831. The Labute approximate surface area is 104 Å². The van der Waals surface area contributed by atoms with Gasteiger partial charge in [-0.1, -0.05) is 18.2 Å². The van der Waals surface area contributed by atoms with E-state index in [0.29, 0.717) is 11.8 Å². The second kappa shape index (κ2) is 3.84. The monoisotopic (exact) mass is 246 g/mol. The van der Waals surface area contributed by atoms with E-state index < -0.39 is 5.97 Å². The predicted octanol–water partition coefficient (Wildman–Crippen LogP) is 3.27. The lowest BCUT2D eigenvalue weighted by Gasteiger charge is -2.09. The van der Waals surface area contributed by atoms with Gasteiger partial charge in [0.05, 0.1) is 6.42 Å². The Morgan fingerprint density at radius 1 is 1.53 bits per heavy atom. The lowest BCUT2D eigenvalue weighted by atomic mass is 9.96. The SMILES string of the molecule is Cc1sc(CC(=O)O)cc1C1=CC2C=CC1C2. The molecule has 1 N–H and O–H groups in total. The molecular weight excluding hydrogens is 232 g/mol. The third-order valence-electron chi connectivity index (χ3n) is 3.52. The molecule has 1 aromatic rings. The summed E-state index contributed by atoms with van der Waals surface area (Å²) < 4.78 is 0. The fourth-order valence-corrected chi connectivity index (χ4v) is 3.84. The molecule has 1 heterocycles. The molecule has 17 heavy (non-hydrogen) atoms. The Hall–Kier alpha value is -1.35. The highest BCUT2D eigenvalue weighted by Gasteiger charge is 2.30. The molecule has 0 amide bonds. The zero-order valence-corrected chi connectivity index (χ0v) is 10.5. The summed E-state index contributed by atoms with van der Waals surface area (Å²) in [6.45, 7) is 2.09. The van der Waals surface area contributed by atoms with Crippen LogP contribution in [-0.2, 0) is 11.2 Å². The minimum atomic E-state index is -0.750. The molecule has 0 radical (unpaired) electrons. The van der Waals surface area contributed by atoms with Crippen LogP contribution in [0.3, 0.4) is 0 Å². The minimum absolute atomic E-state index is 0.142. The minimum Gasteiger partial charge on any atom is -0.481 e. The highest BCUT2D eigenvalue weighted by Crippen LogP contribution is 2.45. The Balaban J connectivity index is 1.91. The van der Waals surface area contributed by atoms with Gasteiger partial charge in [-0.2, -0.15) is 0 Å². The van der Waals surface area contributed by atoms with Gasteiger partial charge in [0.1, 0.15) is 0 Å². The molecular formula is C14H14O2S. The number of carboxylic acid groups (broad SMARTS) is 1. The highest BCUT2D eigenvalue weighted by molar-refractivity contribution is 7.12. The van der Waals surface area contributed by atoms with Gasteiger partial charge in [-0.05, 0) is 36.5 Å². The van der Waals surface area contributed by atoms with Crippen LogP contribution < -0.4 is 0 Å². The summed E-state index contributed by atoms with van der Waals surface area (Å²) in [6.07, 6.45) is 8.24. The first-order valence-corrected chi connectivity index (χ1v) is 6.66. The van der Waals surface area contributed by atoms with Crippen molar-refractivity contribution >= 4 is 22.9 Å². The smallest absolute Gasteiger partial charge is 0.308 e. The van der Waals surface area contributed by atoms with E-state index in [0.717, 1.165) is 4.88 Å². The Bertz CT molecular complexity index is 536. The normalized spacial score (nSPS) is 25.4.